The fourth-order valence-electron chi connectivity index (χ4n) is 5.88. The van der Waals surface area contributed by atoms with Crippen molar-refractivity contribution < 1.29 is 14.6 Å². The number of benzene rings is 3. The molecule has 3 atom stereocenters. The Kier molecular flexibility index (Phi) is 7.31. The smallest absolute Gasteiger partial charge is 0.150 e. The molecular formula is C35H36N2O3. The number of rotatable bonds is 7. The first-order valence-corrected chi connectivity index (χ1v) is 14.1. The van der Waals surface area contributed by atoms with Crippen molar-refractivity contribution in [3.05, 3.63) is 108 Å². The van der Waals surface area contributed by atoms with Gasteiger partial charge in [-0.2, -0.15) is 0 Å². The van der Waals surface area contributed by atoms with E-state index in [0.29, 0.717) is 12.6 Å². The lowest BCUT2D eigenvalue weighted by atomic mass is 9.85. The second kappa shape index (κ2) is 11.2. The molecule has 0 saturated carbocycles. The lowest BCUT2D eigenvalue weighted by Gasteiger charge is -2.31. The number of aromatic hydroxyl groups is 1. The first kappa shape index (κ1) is 26.1. The Balaban J connectivity index is 1.30. The molecule has 3 unspecified atom stereocenters. The summed E-state index contributed by atoms with van der Waals surface area (Å²) in [5, 5.41) is 10.3. The van der Waals surface area contributed by atoms with Gasteiger partial charge in [0.05, 0.1) is 0 Å². The molecular weight excluding hydrogens is 496 g/mol. The Bertz CT molecular complexity index is 1510. The van der Waals surface area contributed by atoms with Crippen LogP contribution in [0.2, 0.25) is 0 Å². The molecule has 0 spiro atoms. The van der Waals surface area contributed by atoms with Gasteiger partial charge in [0.2, 0.25) is 0 Å². The highest BCUT2D eigenvalue weighted by atomic mass is 16.5. The van der Waals surface area contributed by atoms with E-state index in [1.165, 1.54) is 6.42 Å². The molecule has 3 heterocycles. The van der Waals surface area contributed by atoms with Gasteiger partial charge in [0, 0.05) is 41.7 Å². The number of fused-ring (bicyclic) bond motifs is 1. The molecule has 1 N–H and O–H groups in total. The summed E-state index contributed by atoms with van der Waals surface area (Å²) in [5.74, 6) is 2.69. The van der Waals surface area contributed by atoms with Crippen molar-refractivity contribution in [1.82, 2.24) is 9.88 Å². The van der Waals surface area contributed by atoms with Crippen molar-refractivity contribution in [3.63, 3.8) is 0 Å². The monoisotopic (exact) mass is 532 g/mol. The Morgan fingerprint density at radius 2 is 1.82 bits per heavy atom. The van der Waals surface area contributed by atoms with Gasteiger partial charge in [-0.15, -0.1) is 0 Å². The highest BCUT2D eigenvalue weighted by Gasteiger charge is 2.30. The zero-order chi connectivity index (χ0) is 27.6. The number of phenolic OH excluding ortho intramolecular Hbond substituents is 1. The molecule has 2 aliphatic rings. The minimum absolute atomic E-state index is 0.236. The number of likely N-dealkylation sites (tertiary alicyclic amines) is 1. The van der Waals surface area contributed by atoms with Gasteiger partial charge in [0.15, 0.2) is 0 Å². The molecule has 0 amide bonds. The molecule has 3 aromatic carbocycles. The molecule has 0 bridgehead atoms. The van der Waals surface area contributed by atoms with E-state index in [4.69, 9.17) is 9.47 Å². The molecule has 5 nitrogen and oxygen atoms in total. The number of hydrogen-bond acceptors (Lipinski definition) is 5. The predicted octanol–water partition coefficient (Wildman–Crippen LogP) is 7.63. The molecule has 1 aromatic heterocycles. The minimum Gasteiger partial charge on any atom is -0.508 e. The molecule has 1 fully saturated rings. The van der Waals surface area contributed by atoms with E-state index < -0.39 is 0 Å². The first-order chi connectivity index (χ1) is 19.5. The van der Waals surface area contributed by atoms with Gasteiger partial charge in [-0.3, -0.25) is 9.88 Å². The van der Waals surface area contributed by atoms with Crippen LogP contribution >= 0.6 is 0 Å². The van der Waals surface area contributed by atoms with Crippen LogP contribution in [0.25, 0.3) is 22.3 Å². The lowest BCUT2D eigenvalue weighted by molar-refractivity contribution is 0.169. The van der Waals surface area contributed by atoms with E-state index in [0.717, 1.165) is 69.5 Å². The van der Waals surface area contributed by atoms with Gasteiger partial charge >= 0.3 is 0 Å². The standard InChI is InChI=1S/C35H36N2O3/c1-23-15-17-37(21-23)24(2)22-39-31-12-9-26(10-13-31)35-34(28-6-4-8-30(38)18-28)25(3)32-14-11-27(19-33(32)40-35)29-7-5-16-36-20-29/h4-14,16,18-20,23-24,35,38H,15,17,21-22H2,1-3H3. The molecule has 0 aliphatic carbocycles. The highest BCUT2D eigenvalue weighted by molar-refractivity contribution is 5.96. The van der Waals surface area contributed by atoms with Crippen molar-refractivity contribution in [2.45, 2.75) is 39.3 Å². The highest BCUT2D eigenvalue weighted by Crippen LogP contribution is 2.48. The molecule has 6 rings (SSSR count). The van der Waals surface area contributed by atoms with Crippen LogP contribution in [-0.4, -0.2) is 40.7 Å². The van der Waals surface area contributed by atoms with Crippen molar-refractivity contribution in [2.75, 3.05) is 19.7 Å². The molecule has 4 aromatic rings. The van der Waals surface area contributed by atoms with E-state index in [-0.39, 0.29) is 11.9 Å². The fraction of sp³-hybridized carbons (Fsp3) is 0.286. The first-order valence-electron chi connectivity index (χ1n) is 14.1. The Morgan fingerprint density at radius 1 is 1.00 bits per heavy atom. The van der Waals surface area contributed by atoms with Crippen molar-refractivity contribution in [2.24, 2.45) is 5.92 Å². The van der Waals surface area contributed by atoms with Crippen LogP contribution in [0, 0.1) is 5.92 Å². The number of aromatic nitrogens is 1. The van der Waals surface area contributed by atoms with Crippen LogP contribution in [0.4, 0.5) is 0 Å². The van der Waals surface area contributed by atoms with Crippen LogP contribution in [0.15, 0.2) is 91.3 Å². The van der Waals surface area contributed by atoms with Crippen molar-refractivity contribution in [3.8, 4) is 28.4 Å². The van der Waals surface area contributed by atoms with Gasteiger partial charge in [0.25, 0.3) is 0 Å². The van der Waals surface area contributed by atoms with E-state index in [1.54, 1.807) is 12.3 Å². The average molecular weight is 533 g/mol. The maximum Gasteiger partial charge on any atom is 0.150 e. The molecule has 0 radical (unpaired) electrons. The van der Waals surface area contributed by atoms with Crippen LogP contribution in [0.1, 0.15) is 50.0 Å². The van der Waals surface area contributed by atoms with E-state index in [1.807, 2.05) is 42.6 Å². The second-order valence-electron chi connectivity index (χ2n) is 11.2. The normalized spacial score (nSPS) is 19.7. The number of nitrogens with zero attached hydrogens (tertiary/aromatic N) is 2. The Hall–Kier alpha value is -4.09. The topological polar surface area (TPSA) is 54.8 Å². The summed E-state index contributed by atoms with van der Waals surface area (Å²) in [6.45, 7) is 9.67. The number of ether oxygens (including phenoxy) is 2. The molecule has 40 heavy (non-hydrogen) atoms. The third-order valence-electron chi connectivity index (χ3n) is 8.20. The molecule has 2 aliphatic heterocycles. The van der Waals surface area contributed by atoms with Gasteiger partial charge < -0.3 is 14.6 Å². The summed E-state index contributed by atoms with van der Waals surface area (Å²) in [7, 11) is 0. The summed E-state index contributed by atoms with van der Waals surface area (Å²) in [6.07, 6.45) is 4.58. The largest absolute Gasteiger partial charge is 0.508 e. The summed E-state index contributed by atoms with van der Waals surface area (Å²) < 4.78 is 13.0. The second-order valence-corrected chi connectivity index (χ2v) is 11.2. The summed E-state index contributed by atoms with van der Waals surface area (Å²) in [6, 6.07) is 26.4. The number of pyridine rings is 1. The van der Waals surface area contributed by atoms with E-state index in [9.17, 15) is 5.11 Å². The third kappa shape index (κ3) is 5.34. The predicted molar refractivity (Wildman–Crippen MR) is 160 cm³/mol. The zero-order valence-electron chi connectivity index (χ0n) is 23.4. The SMILES string of the molecule is CC1=C(c2cccc(O)c2)C(c2ccc(OCC(C)N3CCC(C)C3)cc2)Oc2cc(-c3cccnc3)ccc21. The number of phenols is 1. The van der Waals surface area contributed by atoms with E-state index >= 15 is 0 Å². The average Bonchev–Trinajstić information content (AvgIpc) is 3.42. The lowest BCUT2D eigenvalue weighted by Crippen LogP contribution is -2.35. The van der Waals surface area contributed by atoms with Crippen LogP contribution < -0.4 is 9.47 Å². The summed E-state index contributed by atoms with van der Waals surface area (Å²) in [5.41, 5.74) is 7.30. The Labute approximate surface area is 236 Å². The third-order valence-corrected chi connectivity index (χ3v) is 8.20. The minimum atomic E-state index is -0.336. The van der Waals surface area contributed by atoms with Gasteiger partial charge in [-0.05, 0) is 91.4 Å². The van der Waals surface area contributed by atoms with Crippen molar-refractivity contribution in [1.29, 1.82) is 0 Å². The van der Waals surface area contributed by atoms with Crippen LogP contribution in [-0.2, 0) is 0 Å². The zero-order valence-corrected chi connectivity index (χ0v) is 23.4. The summed E-state index contributed by atoms with van der Waals surface area (Å²) in [4.78, 5) is 6.80. The number of allylic oxidation sites excluding steroid dienone is 1. The van der Waals surface area contributed by atoms with Gasteiger partial charge in [-0.25, -0.2) is 0 Å². The maximum atomic E-state index is 10.3. The van der Waals surface area contributed by atoms with Crippen LogP contribution in [0.5, 0.6) is 17.2 Å². The maximum absolute atomic E-state index is 10.3. The molecule has 204 valence electrons. The van der Waals surface area contributed by atoms with Gasteiger partial charge in [0.1, 0.15) is 30.0 Å². The summed E-state index contributed by atoms with van der Waals surface area (Å²) >= 11 is 0. The quantitative estimate of drug-likeness (QED) is 0.265. The molecule has 5 heteroatoms. The fourth-order valence-corrected chi connectivity index (χ4v) is 5.88. The Morgan fingerprint density at radius 3 is 2.55 bits per heavy atom. The molecule has 1 saturated heterocycles. The van der Waals surface area contributed by atoms with Crippen LogP contribution in [0.3, 0.4) is 0 Å². The number of hydrogen-bond donors (Lipinski definition) is 1. The van der Waals surface area contributed by atoms with Crippen molar-refractivity contribution >= 4 is 11.1 Å². The van der Waals surface area contributed by atoms with Gasteiger partial charge in [-0.1, -0.05) is 49.4 Å². The van der Waals surface area contributed by atoms with E-state index in [2.05, 4.69) is 67.1 Å².